The first kappa shape index (κ1) is 14.1. The van der Waals surface area contributed by atoms with Gasteiger partial charge >= 0.3 is 0 Å². The lowest BCUT2D eigenvalue weighted by molar-refractivity contribution is 0.0937. The Morgan fingerprint density at radius 3 is 3.00 bits per heavy atom. The summed E-state index contributed by atoms with van der Waals surface area (Å²) in [4.78, 5) is 27.1. The molecule has 2 aliphatic rings. The quantitative estimate of drug-likeness (QED) is 0.911. The van der Waals surface area contributed by atoms with Crippen molar-refractivity contribution in [2.45, 2.75) is 44.7 Å². The molecule has 0 bridgehead atoms. The number of hydrogen-bond acceptors (Lipinski definition) is 7. The monoisotopic (exact) mass is 314 g/mol. The zero-order valence-electron chi connectivity index (χ0n) is 12.9. The van der Waals surface area contributed by atoms with E-state index < -0.39 is 0 Å². The molecular weight excluding hydrogens is 296 g/mol. The smallest absolute Gasteiger partial charge is 0.292 e. The van der Waals surface area contributed by atoms with Crippen molar-refractivity contribution in [3.63, 3.8) is 0 Å². The third kappa shape index (κ3) is 2.88. The summed E-state index contributed by atoms with van der Waals surface area (Å²) in [6, 6.07) is 2.06. The average molecular weight is 314 g/mol. The Morgan fingerprint density at radius 1 is 1.35 bits per heavy atom. The Hall–Kier alpha value is -2.51. The van der Waals surface area contributed by atoms with Crippen LogP contribution < -0.4 is 10.2 Å². The number of aryl methyl sites for hydroxylation is 1. The molecular formula is C15H18N6O2. The molecule has 1 amide bonds. The molecule has 1 aliphatic heterocycles. The molecule has 1 saturated carbocycles. The average Bonchev–Trinajstić information content (AvgIpc) is 3.05. The fourth-order valence-electron chi connectivity index (χ4n) is 2.78. The lowest BCUT2D eigenvalue weighted by Gasteiger charge is -2.21. The highest BCUT2D eigenvalue weighted by Gasteiger charge is 2.34. The largest absolute Gasteiger partial charge is 0.346 e. The number of nitrogens with zero attached hydrogens (tertiary/aromatic N) is 5. The normalized spacial score (nSPS) is 20.7. The fourth-order valence-corrected chi connectivity index (χ4v) is 2.78. The number of rotatable bonds is 4. The van der Waals surface area contributed by atoms with Crippen LogP contribution in [0.4, 0.5) is 5.95 Å². The van der Waals surface area contributed by atoms with Gasteiger partial charge in [-0.15, -0.1) is 0 Å². The molecule has 2 fully saturated rings. The minimum atomic E-state index is -0.265. The SMILES string of the molecule is Cc1ccnc(N2CCCC2c2nc(C(=O)NC3CC3)no2)n1. The maximum Gasteiger partial charge on any atom is 0.292 e. The van der Waals surface area contributed by atoms with Gasteiger partial charge in [0.05, 0.1) is 0 Å². The van der Waals surface area contributed by atoms with Crippen LogP contribution in [-0.4, -0.2) is 38.6 Å². The minimum Gasteiger partial charge on any atom is -0.346 e. The van der Waals surface area contributed by atoms with E-state index in [0.717, 1.165) is 37.9 Å². The van der Waals surface area contributed by atoms with E-state index in [2.05, 4.69) is 30.3 Å². The van der Waals surface area contributed by atoms with Crippen molar-refractivity contribution in [3.05, 3.63) is 29.7 Å². The maximum absolute atomic E-state index is 12.0. The number of nitrogens with one attached hydrogen (secondary N) is 1. The van der Waals surface area contributed by atoms with Crippen LogP contribution in [0.15, 0.2) is 16.8 Å². The van der Waals surface area contributed by atoms with Gasteiger partial charge in [0.2, 0.25) is 11.8 Å². The molecule has 1 aliphatic carbocycles. The van der Waals surface area contributed by atoms with Gasteiger partial charge in [-0.25, -0.2) is 9.97 Å². The van der Waals surface area contributed by atoms with Gasteiger partial charge in [-0.05, 0) is 38.7 Å². The van der Waals surface area contributed by atoms with Crippen LogP contribution >= 0.6 is 0 Å². The van der Waals surface area contributed by atoms with Crippen LogP contribution in [0.2, 0.25) is 0 Å². The van der Waals surface area contributed by atoms with Gasteiger partial charge < -0.3 is 14.7 Å². The van der Waals surface area contributed by atoms with E-state index in [4.69, 9.17) is 4.52 Å². The van der Waals surface area contributed by atoms with Gasteiger partial charge in [-0.2, -0.15) is 4.98 Å². The van der Waals surface area contributed by atoms with Crippen LogP contribution in [-0.2, 0) is 0 Å². The van der Waals surface area contributed by atoms with Crippen molar-refractivity contribution in [1.29, 1.82) is 0 Å². The van der Waals surface area contributed by atoms with Crippen molar-refractivity contribution in [2.75, 3.05) is 11.4 Å². The van der Waals surface area contributed by atoms with Crippen molar-refractivity contribution in [1.82, 2.24) is 25.4 Å². The molecule has 2 aromatic rings. The van der Waals surface area contributed by atoms with Crippen LogP contribution in [0, 0.1) is 6.92 Å². The third-order valence-electron chi connectivity index (χ3n) is 4.13. The number of anilines is 1. The number of aromatic nitrogens is 4. The predicted molar refractivity (Wildman–Crippen MR) is 80.9 cm³/mol. The van der Waals surface area contributed by atoms with Crippen molar-refractivity contribution in [2.24, 2.45) is 0 Å². The van der Waals surface area contributed by atoms with E-state index in [0.29, 0.717) is 11.8 Å². The zero-order valence-corrected chi connectivity index (χ0v) is 12.9. The Balaban J connectivity index is 1.54. The second-order valence-corrected chi connectivity index (χ2v) is 6.05. The molecule has 0 aromatic carbocycles. The van der Waals surface area contributed by atoms with Crippen molar-refractivity contribution in [3.8, 4) is 0 Å². The Morgan fingerprint density at radius 2 is 2.22 bits per heavy atom. The summed E-state index contributed by atoms with van der Waals surface area (Å²) in [6.07, 6.45) is 5.67. The Labute approximate surface area is 133 Å². The third-order valence-corrected chi connectivity index (χ3v) is 4.13. The maximum atomic E-state index is 12.0. The molecule has 0 spiro atoms. The second-order valence-electron chi connectivity index (χ2n) is 6.05. The summed E-state index contributed by atoms with van der Waals surface area (Å²) in [6.45, 7) is 2.77. The first-order chi connectivity index (χ1) is 11.2. The number of carbonyl (C=O) groups excluding carboxylic acids is 1. The molecule has 4 rings (SSSR count). The molecule has 0 radical (unpaired) electrons. The van der Waals surface area contributed by atoms with E-state index >= 15 is 0 Å². The molecule has 3 heterocycles. The van der Waals surface area contributed by atoms with Gasteiger partial charge in [0, 0.05) is 24.5 Å². The minimum absolute atomic E-state index is 0.0771. The molecule has 1 atom stereocenters. The van der Waals surface area contributed by atoms with E-state index in [1.807, 2.05) is 13.0 Å². The number of amides is 1. The van der Waals surface area contributed by atoms with Gasteiger partial charge in [0.1, 0.15) is 6.04 Å². The molecule has 1 saturated heterocycles. The van der Waals surface area contributed by atoms with Crippen molar-refractivity contribution < 1.29 is 9.32 Å². The zero-order chi connectivity index (χ0) is 15.8. The molecule has 8 heteroatoms. The van der Waals surface area contributed by atoms with Crippen molar-refractivity contribution >= 4 is 11.9 Å². The highest BCUT2D eigenvalue weighted by Crippen LogP contribution is 2.33. The Bertz CT molecular complexity index is 726. The highest BCUT2D eigenvalue weighted by atomic mass is 16.5. The first-order valence-electron chi connectivity index (χ1n) is 7.91. The number of hydrogen-bond donors (Lipinski definition) is 1. The van der Waals surface area contributed by atoms with Crippen LogP contribution in [0.25, 0.3) is 0 Å². The summed E-state index contributed by atoms with van der Waals surface area (Å²) >= 11 is 0. The summed E-state index contributed by atoms with van der Waals surface area (Å²) in [5, 5.41) is 6.68. The van der Waals surface area contributed by atoms with Crippen LogP contribution in [0.3, 0.4) is 0 Å². The molecule has 2 aromatic heterocycles. The van der Waals surface area contributed by atoms with Crippen LogP contribution in [0.1, 0.15) is 53.9 Å². The van der Waals surface area contributed by atoms with Crippen LogP contribution in [0.5, 0.6) is 0 Å². The topological polar surface area (TPSA) is 97.0 Å². The molecule has 8 nitrogen and oxygen atoms in total. The summed E-state index contributed by atoms with van der Waals surface area (Å²) in [7, 11) is 0. The predicted octanol–water partition coefficient (Wildman–Crippen LogP) is 1.40. The van der Waals surface area contributed by atoms with E-state index in [9.17, 15) is 4.79 Å². The Kier molecular flexibility index (Phi) is 3.44. The van der Waals surface area contributed by atoms with E-state index in [-0.39, 0.29) is 23.8 Å². The molecule has 23 heavy (non-hydrogen) atoms. The standard InChI is InChI=1S/C15H18N6O2/c1-9-6-7-16-15(17-9)21-8-2-3-11(21)14-19-12(20-23-14)13(22)18-10-4-5-10/h6-7,10-11H,2-5,8H2,1H3,(H,18,22). The summed E-state index contributed by atoms with van der Waals surface area (Å²) in [5.74, 6) is 0.950. The first-order valence-corrected chi connectivity index (χ1v) is 7.91. The molecule has 1 N–H and O–H groups in total. The lowest BCUT2D eigenvalue weighted by atomic mass is 10.2. The van der Waals surface area contributed by atoms with E-state index in [1.165, 1.54) is 0 Å². The van der Waals surface area contributed by atoms with E-state index in [1.54, 1.807) is 6.20 Å². The van der Waals surface area contributed by atoms with Gasteiger partial charge in [0.25, 0.3) is 11.7 Å². The van der Waals surface area contributed by atoms with Gasteiger partial charge in [-0.3, -0.25) is 4.79 Å². The second kappa shape index (κ2) is 5.60. The van der Waals surface area contributed by atoms with Gasteiger partial charge in [-0.1, -0.05) is 5.16 Å². The van der Waals surface area contributed by atoms with Gasteiger partial charge in [0.15, 0.2) is 0 Å². The number of carbonyl (C=O) groups is 1. The lowest BCUT2D eigenvalue weighted by Crippen LogP contribution is -2.27. The summed E-state index contributed by atoms with van der Waals surface area (Å²) < 4.78 is 5.33. The molecule has 120 valence electrons. The highest BCUT2D eigenvalue weighted by molar-refractivity contribution is 5.90. The fraction of sp³-hybridized carbons (Fsp3) is 0.533. The molecule has 1 unspecified atom stereocenters. The summed E-state index contributed by atoms with van der Waals surface area (Å²) in [5.41, 5.74) is 0.913.